The molecule has 1 aliphatic heterocycles. The summed E-state index contributed by atoms with van der Waals surface area (Å²) >= 11 is 0. The van der Waals surface area contributed by atoms with Gasteiger partial charge in [0, 0.05) is 25.5 Å². The topological polar surface area (TPSA) is 6.48 Å². The predicted octanol–water partition coefficient (Wildman–Crippen LogP) is 12.0. The molecular formula is C35H70N2. The maximum absolute atomic E-state index is 2.68. The summed E-state index contributed by atoms with van der Waals surface area (Å²) in [6.45, 7) is 9.44. The van der Waals surface area contributed by atoms with Crippen LogP contribution in [0.5, 0.6) is 0 Å². The summed E-state index contributed by atoms with van der Waals surface area (Å²) in [7, 11) is 0. The summed E-state index contributed by atoms with van der Waals surface area (Å²) in [5.74, 6) is 0. The quantitative estimate of drug-likeness (QED) is 0.0908. The third-order valence-corrected chi connectivity index (χ3v) is 8.57. The van der Waals surface area contributed by atoms with Crippen LogP contribution in [0.3, 0.4) is 0 Å². The molecule has 0 saturated heterocycles. The van der Waals surface area contributed by atoms with Crippen molar-refractivity contribution in [2.45, 2.75) is 200 Å². The molecule has 0 N–H and O–H groups in total. The molecule has 1 rings (SSSR count). The van der Waals surface area contributed by atoms with Gasteiger partial charge in [-0.05, 0) is 25.7 Å². The largest absolute Gasteiger partial charge is 0.356 e. The Kier molecular flexibility index (Phi) is 25.0. The van der Waals surface area contributed by atoms with Crippen LogP contribution in [0.15, 0.2) is 12.4 Å². The molecule has 0 aromatic rings. The van der Waals surface area contributed by atoms with Crippen LogP contribution in [-0.4, -0.2) is 29.1 Å². The van der Waals surface area contributed by atoms with Gasteiger partial charge in [0.25, 0.3) is 0 Å². The molecule has 0 amide bonds. The first-order valence-electron chi connectivity index (χ1n) is 17.5. The Morgan fingerprint density at radius 1 is 0.351 bits per heavy atom. The third kappa shape index (κ3) is 20.0. The van der Waals surface area contributed by atoms with Crippen molar-refractivity contribution in [3.63, 3.8) is 0 Å². The van der Waals surface area contributed by atoms with E-state index in [4.69, 9.17) is 0 Å². The molecule has 2 heteroatoms. The van der Waals surface area contributed by atoms with E-state index in [2.05, 4.69) is 43.0 Å². The van der Waals surface area contributed by atoms with Crippen LogP contribution in [0.4, 0.5) is 0 Å². The average molecular weight is 519 g/mol. The minimum absolute atomic E-state index is 0.641. The minimum atomic E-state index is 0.641. The lowest BCUT2D eigenvalue weighted by atomic mass is 10.0. The van der Waals surface area contributed by atoms with Gasteiger partial charge in [0.2, 0.25) is 0 Å². The molecule has 2 nitrogen and oxygen atoms in total. The molecule has 0 aromatic heterocycles. The fourth-order valence-electron chi connectivity index (χ4n) is 5.98. The van der Waals surface area contributed by atoms with Crippen LogP contribution in [0.25, 0.3) is 0 Å². The lowest BCUT2D eigenvalue weighted by Crippen LogP contribution is -2.39. The SMILES string of the molecule is CCCCCCCCCCCCCCCCC1N(CCCC)C=CN1CCCCCCCCCCCC. The predicted molar refractivity (Wildman–Crippen MR) is 168 cm³/mol. The van der Waals surface area contributed by atoms with Crippen LogP contribution in [0.2, 0.25) is 0 Å². The molecule has 0 fully saturated rings. The van der Waals surface area contributed by atoms with Crippen LogP contribution < -0.4 is 0 Å². The molecule has 0 aliphatic carbocycles. The van der Waals surface area contributed by atoms with E-state index in [1.165, 1.54) is 186 Å². The van der Waals surface area contributed by atoms with Gasteiger partial charge in [-0.2, -0.15) is 0 Å². The first kappa shape index (κ1) is 34.4. The molecule has 0 saturated carbocycles. The van der Waals surface area contributed by atoms with Gasteiger partial charge in [-0.15, -0.1) is 0 Å². The molecule has 0 radical (unpaired) electrons. The molecule has 1 unspecified atom stereocenters. The zero-order chi connectivity index (χ0) is 26.7. The molecular weight excluding hydrogens is 448 g/mol. The zero-order valence-electron chi connectivity index (χ0n) is 26.1. The number of nitrogens with zero attached hydrogens (tertiary/aromatic N) is 2. The minimum Gasteiger partial charge on any atom is -0.356 e. The van der Waals surface area contributed by atoms with Crippen LogP contribution in [-0.2, 0) is 0 Å². The number of hydrogen-bond donors (Lipinski definition) is 0. The van der Waals surface area contributed by atoms with Crippen LogP contribution in [0, 0.1) is 0 Å². The van der Waals surface area contributed by atoms with E-state index < -0.39 is 0 Å². The Morgan fingerprint density at radius 3 is 1.03 bits per heavy atom. The first-order chi connectivity index (χ1) is 18.3. The summed E-state index contributed by atoms with van der Waals surface area (Å²) in [5, 5.41) is 0. The highest BCUT2D eigenvalue weighted by Crippen LogP contribution is 2.23. The van der Waals surface area contributed by atoms with Crippen molar-refractivity contribution in [3.05, 3.63) is 12.4 Å². The summed E-state index contributed by atoms with van der Waals surface area (Å²) in [6.07, 6.45) is 44.1. The Morgan fingerprint density at radius 2 is 0.649 bits per heavy atom. The molecule has 220 valence electrons. The molecule has 0 bridgehead atoms. The molecule has 1 aliphatic rings. The average Bonchev–Trinajstić information content (AvgIpc) is 3.29. The van der Waals surface area contributed by atoms with Gasteiger partial charge < -0.3 is 9.80 Å². The van der Waals surface area contributed by atoms with Crippen LogP contribution >= 0.6 is 0 Å². The van der Waals surface area contributed by atoms with E-state index in [1.54, 1.807) is 0 Å². The molecule has 0 spiro atoms. The monoisotopic (exact) mass is 519 g/mol. The maximum atomic E-state index is 2.68. The molecule has 1 heterocycles. The molecule has 0 aromatic carbocycles. The Hall–Kier alpha value is -0.660. The lowest BCUT2D eigenvalue weighted by Gasteiger charge is -2.33. The van der Waals surface area contributed by atoms with Crippen molar-refractivity contribution in [2.75, 3.05) is 13.1 Å². The van der Waals surface area contributed by atoms with E-state index in [-0.39, 0.29) is 0 Å². The van der Waals surface area contributed by atoms with Gasteiger partial charge >= 0.3 is 0 Å². The first-order valence-corrected chi connectivity index (χ1v) is 17.5. The highest BCUT2D eigenvalue weighted by atomic mass is 15.4. The molecule has 37 heavy (non-hydrogen) atoms. The zero-order valence-corrected chi connectivity index (χ0v) is 26.1. The van der Waals surface area contributed by atoms with Gasteiger partial charge in [0.15, 0.2) is 0 Å². The van der Waals surface area contributed by atoms with Gasteiger partial charge in [0.1, 0.15) is 6.17 Å². The summed E-state index contributed by atoms with van der Waals surface area (Å²) in [5.41, 5.74) is 0. The maximum Gasteiger partial charge on any atom is 0.101 e. The summed E-state index contributed by atoms with van der Waals surface area (Å²) in [6, 6.07) is 0. The second-order valence-electron chi connectivity index (χ2n) is 12.2. The number of hydrogen-bond acceptors (Lipinski definition) is 2. The van der Waals surface area contributed by atoms with Crippen molar-refractivity contribution in [3.8, 4) is 0 Å². The second-order valence-corrected chi connectivity index (χ2v) is 12.2. The Labute approximate surface area is 235 Å². The van der Waals surface area contributed by atoms with Gasteiger partial charge in [0.05, 0.1) is 0 Å². The van der Waals surface area contributed by atoms with E-state index >= 15 is 0 Å². The van der Waals surface area contributed by atoms with E-state index in [9.17, 15) is 0 Å². The van der Waals surface area contributed by atoms with E-state index in [0.29, 0.717) is 6.17 Å². The van der Waals surface area contributed by atoms with E-state index in [1.807, 2.05) is 0 Å². The van der Waals surface area contributed by atoms with Gasteiger partial charge in [-0.25, -0.2) is 0 Å². The Balaban J connectivity index is 2.07. The summed E-state index contributed by atoms with van der Waals surface area (Å²) < 4.78 is 0. The fourth-order valence-corrected chi connectivity index (χ4v) is 5.98. The standard InChI is InChI=1S/C35H70N2/c1-4-7-10-12-14-16-18-19-20-21-22-24-26-28-30-35-36(31-9-6-3)33-34-37(35)32-29-27-25-23-17-15-13-11-8-5-2/h33-35H,4-32H2,1-3H3. The highest BCUT2D eigenvalue weighted by molar-refractivity contribution is 4.96. The van der Waals surface area contributed by atoms with Crippen molar-refractivity contribution in [1.29, 1.82) is 0 Å². The van der Waals surface area contributed by atoms with Gasteiger partial charge in [-0.3, -0.25) is 0 Å². The smallest absolute Gasteiger partial charge is 0.101 e. The fraction of sp³-hybridized carbons (Fsp3) is 0.943. The normalized spacial score (nSPS) is 15.4. The lowest BCUT2D eigenvalue weighted by molar-refractivity contribution is 0.136. The van der Waals surface area contributed by atoms with Crippen molar-refractivity contribution in [1.82, 2.24) is 9.80 Å². The van der Waals surface area contributed by atoms with E-state index in [0.717, 1.165) is 0 Å². The number of rotatable bonds is 29. The Bertz CT molecular complexity index is 474. The highest BCUT2D eigenvalue weighted by Gasteiger charge is 2.24. The molecule has 1 atom stereocenters. The third-order valence-electron chi connectivity index (χ3n) is 8.57. The van der Waals surface area contributed by atoms with Gasteiger partial charge in [-0.1, -0.05) is 168 Å². The van der Waals surface area contributed by atoms with Crippen molar-refractivity contribution in [2.24, 2.45) is 0 Å². The van der Waals surface area contributed by atoms with Crippen LogP contribution in [0.1, 0.15) is 194 Å². The second kappa shape index (κ2) is 26.9. The van der Waals surface area contributed by atoms with Crippen molar-refractivity contribution < 1.29 is 0 Å². The number of unbranched alkanes of at least 4 members (excludes halogenated alkanes) is 23. The summed E-state index contributed by atoms with van der Waals surface area (Å²) in [4.78, 5) is 5.34. The van der Waals surface area contributed by atoms with Crippen molar-refractivity contribution >= 4 is 0 Å².